The number of carbonyl (C=O) groups is 1. The molecule has 0 saturated carbocycles. The molecule has 2 aromatic rings. The van der Waals surface area contributed by atoms with Crippen LogP contribution in [-0.2, 0) is 6.42 Å². The first-order valence-corrected chi connectivity index (χ1v) is 7.64. The summed E-state index contributed by atoms with van der Waals surface area (Å²) in [6.45, 7) is 1.89. The van der Waals surface area contributed by atoms with Crippen molar-refractivity contribution in [1.29, 1.82) is 0 Å². The van der Waals surface area contributed by atoms with Crippen LogP contribution in [0.5, 0.6) is 0 Å². The van der Waals surface area contributed by atoms with Gasteiger partial charge in [-0.2, -0.15) is 0 Å². The van der Waals surface area contributed by atoms with Gasteiger partial charge in [-0.15, -0.1) is 0 Å². The first kappa shape index (κ1) is 16.0. The van der Waals surface area contributed by atoms with Crippen LogP contribution in [0.3, 0.4) is 0 Å². The number of amides is 1. The Balaban J connectivity index is 2.04. The molecule has 2 nitrogen and oxygen atoms in total. The maximum Gasteiger partial charge on any atom is 0.252 e. The van der Waals surface area contributed by atoms with Gasteiger partial charge in [0.1, 0.15) is 5.82 Å². The fraction of sp³-hybridized carbons (Fsp3) is 0.188. The van der Waals surface area contributed by atoms with Gasteiger partial charge in [-0.25, -0.2) is 4.39 Å². The number of hydrogen-bond donors (Lipinski definition) is 1. The molecule has 1 amide bonds. The maximum atomic E-state index is 13.4. The number of benzene rings is 2. The molecule has 0 radical (unpaired) electrons. The van der Waals surface area contributed by atoms with Gasteiger partial charge in [0, 0.05) is 11.1 Å². The Morgan fingerprint density at radius 2 is 2.05 bits per heavy atom. The van der Waals surface area contributed by atoms with Crippen molar-refractivity contribution in [2.75, 3.05) is 0 Å². The Kier molecular flexibility index (Phi) is 5.37. The summed E-state index contributed by atoms with van der Waals surface area (Å²) in [5.74, 6) is -0.763. The second-order valence-corrected chi connectivity index (χ2v) is 6.04. The minimum Gasteiger partial charge on any atom is -0.349 e. The molecule has 0 aliphatic rings. The normalized spacial score (nSPS) is 12.0. The van der Waals surface area contributed by atoms with Crippen LogP contribution in [0.25, 0.3) is 0 Å². The molecule has 0 heterocycles. The molecule has 0 bridgehead atoms. The molecular formula is C16H14BrClFNO. The van der Waals surface area contributed by atoms with Gasteiger partial charge in [0.15, 0.2) is 0 Å². The molecule has 1 unspecified atom stereocenters. The Bertz CT molecular complexity index is 662. The average Bonchev–Trinajstić information content (AvgIpc) is 2.41. The molecule has 1 atom stereocenters. The van der Waals surface area contributed by atoms with E-state index in [1.165, 1.54) is 12.1 Å². The van der Waals surface area contributed by atoms with Crippen molar-refractivity contribution in [1.82, 2.24) is 5.32 Å². The first-order chi connectivity index (χ1) is 9.97. The van der Waals surface area contributed by atoms with Crippen molar-refractivity contribution in [2.45, 2.75) is 19.4 Å². The van der Waals surface area contributed by atoms with Crippen LogP contribution >= 0.6 is 27.5 Å². The molecule has 0 saturated heterocycles. The standard InChI is InChI=1S/C16H14BrClFNO/c1-10(8-11-4-2-5-12(18)9-11)20-16(21)13-6-3-7-14(19)15(13)17/h2-7,9-10H,8H2,1H3,(H,20,21). The highest BCUT2D eigenvalue weighted by molar-refractivity contribution is 9.10. The van der Waals surface area contributed by atoms with Crippen molar-refractivity contribution >= 4 is 33.4 Å². The molecule has 0 fully saturated rings. The van der Waals surface area contributed by atoms with Crippen molar-refractivity contribution in [2.24, 2.45) is 0 Å². The van der Waals surface area contributed by atoms with Crippen molar-refractivity contribution in [3.05, 3.63) is 68.9 Å². The lowest BCUT2D eigenvalue weighted by Crippen LogP contribution is -2.34. The highest BCUT2D eigenvalue weighted by Crippen LogP contribution is 2.20. The van der Waals surface area contributed by atoms with Gasteiger partial charge in [-0.05, 0) is 59.1 Å². The van der Waals surface area contributed by atoms with E-state index in [4.69, 9.17) is 11.6 Å². The second kappa shape index (κ2) is 7.05. The molecule has 21 heavy (non-hydrogen) atoms. The molecule has 110 valence electrons. The van der Waals surface area contributed by atoms with E-state index in [9.17, 15) is 9.18 Å². The van der Waals surface area contributed by atoms with Crippen LogP contribution in [0.4, 0.5) is 4.39 Å². The number of nitrogens with one attached hydrogen (secondary N) is 1. The molecular weight excluding hydrogens is 357 g/mol. The predicted molar refractivity (Wildman–Crippen MR) is 86.2 cm³/mol. The van der Waals surface area contributed by atoms with Crippen molar-refractivity contribution in [3.63, 3.8) is 0 Å². The quantitative estimate of drug-likeness (QED) is 0.837. The van der Waals surface area contributed by atoms with E-state index in [1.54, 1.807) is 12.1 Å². The molecule has 1 N–H and O–H groups in total. The van der Waals surface area contributed by atoms with E-state index in [2.05, 4.69) is 21.2 Å². The summed E-state index contributed by atoms with van der Waals surface area (Å²) < 4.78 is 13.6. The highest BCUT2D eigenvalue weighted by Gasteiger charge is 2.15. The summed E-state index contributed by atoms with van der Waals surface area (Å²) in [4.78, 5) is 12.2. The molecule has 2 aromatic carbocycles. The third kappa shape index (κ3) is 4.29. The van der Waals surface area contributed by atoms with E-state index in [0.717, 1.165) is 5.56 Å². The summed E-state index contributed by atoms with van der Waals surface area (Å²) in [7, 11) is 0. The van der Waals surface area contributed by atoms with E-state index in [1.807, 2.05) is 25.1 Å². The molecule has 5 heteroatoms. The zero-order valence-electron chi connectivity index (χ0n) is 11.4. The summed E-state index contributed by atoms with van der Waals surface area (Å²) >= 11 is 9.03. The van der Waals surface area contributed by atoms with Crippen LogP contribution in [0.15, 0.2) is 46.9 Å². The topological polar surface area (TPSA) is 29.1 Å². The maximum absolute atomic E-state index is 13.4. The van der Waals surface area contributed by atoms with E-state index in [-0.39, 0.29) is 22.0 Å². The fourth-order valence-corrected chi connectivity index (χ4v) is 2.71. The predicted octanol–water partition coefficient (Wildman–Crippen LogP) is 4.60. The van der Waals surface area contributed by atoms with Gasteiger partial charge in [-0.3, -0.25) is 4.79 Å². The van der Waals surface area contributed by atoms with Gasteiger partial charge >= 0.3 is 0 Å². The molecule has 0 aliphatic carbocycles. The molecule has 0 spiro atoms. The third-order valence-electron chi connectivity index (χ3n) is 3.00. The van der Waals surface area contributed by atoms with Crippen LogP contribution in [-0.4, -0.2) is 11.9 Å². The smallest absolute Gasteiger partial charge is 0.252 e. The number of carbonyl (C=O) groups excluding carboxylic acids is 1. The molecule has 0 aromatic heterocycles. The van der Waals surface area contributed by atoms with Gasteiger partial charge in [0.05, 0.1) is 10.0 Å². The highest BCUT2D eigenvalue weighted by atomic mass is 79.9. The summed E-state index contributed by atoms with van der Waals surface area (Å²) in [6.07, 6.45) is 0.652. The number of hydrogen-bond acceptors (Lipinski definition) is 1. The fourth-order valence-electron chi connectivity index (χ4n) is 2.05. The Hall–Kier alpha value is -1.39. The lowest BCUT2D eigenvalue weighted by atomic mass is 10.1. The largest absolute Gasteiger partial charge is 0.349 e. The van der Waals surface area contributed by atoms with Crippen LogP contribution < -0.4 is 5.32 Å². The zero-order chi connectivity index (χ0) is 15.4. The number of rotatable bonds is 4. The van der Waals surface area contributed by atoms with Crippen LogP contribution in [0.1, 0.15) is 22.8 Å². The Morgan fingerprint density at radius 3 is 2.76 bits per heavy atom. The van der Waals surface area contributed by atoms with Crippen LogP contribution in [0.2, 0.25) is 5.02 Å². The first-order valence-electron chi connectivity index (χ1n) is 6.46. The summed E-state index contributed by atoms with van der Waals surface area (Å²) in [5, 5.41) is 3.52. The number of halogens is 3. The summed E-state index contributed by atoms with van der Waals surface area (Å²) in [5.41, 5.74) is 1.32. The minimum absolute atomic E-state index is 0.0915. The summed E-state index contributed by atoms with van der Waals surface area (Å²) in [6, 6.07) is 11.8. The SMILES string of the molecule is CC(Cc1cccc(Cl)c1)NC(=O)c1cccc(F)c1Br. The lowest BCUT2D eigenvalue weighted by molar-refractivity contribution is 0.0939. The van der Waals surface area contributed by atoms with Gasteiger partial charge in [0.25, 0.3) is 5.91 Å². The van der Waals surface area contributed by atoms with E-state index in [0.29, 0.717) is 11.4 Å². The second-order valence-electron chi connectivity index (χ2n) is 4.81. The van der Waals surface area contributed by atoms with Crippen LogP contribution in [0, 0.1) is 5.82 Å². The van der Waals surface area contributed by atoms with Gasteiger partial charge < -0.3 is 5.32 Å². The van der Waals surface area contributed by atoms with Gasteiger partial charge in [-0.1, -0.05) is 29.8 Å². The monoisotopic (exact) mass is 369 g/mol. The van der Waals surface area contributed by atoms with Crippen molar-refractivity contribution < 1.29 is 9.18 Å². The zero-order valence-corrected chi connectivity index (χ0v) is 13.7. The third-order valence-corrected chi connectivity index (χ3v) is 4.05. The Labute approximate surface area is 136 Å². The average molecular weight is 371 g/mol. The van der Waals surface area contributed by atoms with Gasteiger partial charge in [0.2, 0.25) is 0 Å². The lowest BCUT2D eigenvalue weighted by Gasteiger charge is -2.15. The molecule has 2 rings (SSSR count). The van der Waals surface area contributed by atoms with Crippen molar-refractivity contribution in [3.8, 4) is 0 Å². The minimum atomic E-state index is -0.454. The Morgan fingerprint density at radius 1 is 1.33 bits per heavy atom. The van der Waals surface area contributed by atoms with E-state index < -0.39 is 5.82 Å². The van der Waals surface area contributed by atoms with E-state index >= 15 is 0 Å². The molecule has 0 aliphatic heterocycles.